The zero-order valence-corrected chi connectivity index (χ0v) is 10.9. The molecule has 0 amide bonds. The topological polar surface area (TPSA) is 81.7 Å². The smallest absolute Gasteiger partial charge is 0.176 e. The highest BCUT2D eigenvalue weighted by Gasteiger charge is 2.15. The van der Waals surface area contributed by atoms with Gasteiger partial charge in [0.15, 0.2) is 5.82 Å². The van der Waals surface area contributed by atoms with Gasteiger partial charge in [0.1, 0.15) is 0 Å². The van der Waals surface area contributed by atoms with E-state index in [4.69, 9.17) is 5.84 Å². The van der Waals surface area contributed by atoms with Crippen molar-refractivity contribution in [2.75, 3.05) is 0 Å². The van der Waals surface area contributed by atoms with Gasteiger partial charge in [-0.15, -0.1) is 10.2 Å². The maximum atomic E-state index is 5.63. The second kappa shape index (κ2) is 5.24. The number of hydrazine groups is 1. The Bertz CT molecular complexity index is 533. The fourth-order valence-corrected chi connectivity index (χ4v) is 2.06. The van der Waals surface area contributed by atoms with Crippen molar-refractivity contribution in [1.82, 2.24) is 25.6 Å². The van der Waals surface area contributed by atoms with Crippen LogP contribution in [0.1, 0.15) is 28.6 Å². The number of nitrogens with one attached hydrogen (secondary N) is 1. The predicted molar refractivity (Wildman–Crippen MR) is 68.5 cm³/mol. The van der Waals surface area contributed by atoms with Crippen molar-refractivity contribution >= 4 is 0 Å². The predicted octanol–water partition coefficient (Wildman–Crippen LogP) is 0.574. The first kappa shape index (κ1) is 12.7. The zero-order chi connectivity index (χ0) is 13.1. The van der Waals surface area contributed by atoms with Crippen molar-refractivity contribution in [3.8, 4) is 0 Å². The van der Waals surface area contributed by atoms with Crippen LogP contribution in [-0.2, 0) is 13.5 Å². The van der Waals surface area contributed by atoms with Crippen LogP contribution >= 0.6 is 0 Å². The van der Waals surface area contributed by atoms with Gasteiger partial charge in [0.25, 0.3) is 0 Å². The van der Waals surface area contributed by atoms with Gasteiger partial charge in [0.2, 0.25) is 0 Å². The van der Waals surface area contributed by atoms with Gasteiger partial charge >= 0.3 is 0 Å². The number of hydrogen-bond donors (Lipinski definition) is 2. The molecule has 0 aliphatic carbocycles. The number of hydrogen-bond acceptors (Lipinski definition) is 5. The highest BCUT2D eigenvalue weighted by Crippen LogP contribution is 2.20. The lowest BCUT2D eigenvalue weighted by atomic mass is 9.97. The van der Waals surface area contributed by atoms with Gasteiger partial charge in [-0.1, -0.05) is 23.8 Å². The molecule has 96 valence electrons. The molecule has 1 heterocycles. The summed E-state index contributed by atoms with van der Waals surface area (Å²) in [5, 5.41) is 12.0. The third-order valence-electron chi connectivity index (χ3n) is 2.94. The summed E-state index contributed by atoms with van der Waals surface area (Å²) in [5.74, 6) is 6.31. The van der Waals surface area contributed by atoms with E-state index in [1.54, 1.807) is 7.05 Å². The normalized spacial score (nSPS) is 12.7. The Labute approximate surface area is 106 Å². The van der Waals surface area contributed by atoms with E-state index in [1.165, 1.54) is 15.9 Å². The number of nitrogens with zero attached hydrogens (tertiary/aromatic N) is 4. The first-order chi connectivity index (χ1) is 8.60. The molecule has 0 aliphatic heterocycles. The molecule has 1 unspecified atom stereocenters. The molecule has 0 bridgehead atoms. The third-order valence-corrected chi connectivity index (χ3v) is 2.94. The van der Waals surface area contributed by atoms with Gasteiger partial charge in [-0.05, 0) is 30.2 Å². The second-order valence-electron chi connectivity index (χ2n) is 4.48. The number of rotatable bonds is 4. The molecule has 1 atom stereocenters. The Kier molecular flexibility index (Phi) is 3.69. The van der Waals surface area contributed by atoms with Crippen LogP contribution in [0.2, 0.25) is 0 Å². The molecule has 0 saturated heterocycles. The van der Waals surface area contributed by atoms with Crippen molar-refractivity contribution in [3.63, 3.8) is 0 Å². The van der Waals surface area contributed by atoms with Gasteiger partial charge in [-0.3, -0.25) is 11.3 Å². The van der Waals surface area contributed by atoms with Crippen LogP contribution in [0.4, 0.5) is 0 Å². The molecule has 0 saturated carbocycles. The Morgan fingerprint density at radius 2 is 2.17 bits per heavy atom. The summed E-state index contributed by atoms with van der Waals surface area (Å²) in [6.07, 6.45) is 0.619. The average molecular weight is 246 g/mol. The number of aromatic nitrogens is 4. The standard InChI is InChI=1S/C12H18N6/c1-8-4-5-10(9(2)6-8)11(14-13)7-12-15-17-18(3)16-12/h4-6,11,14H,7,13H2,1-3H3. The molecule has 6 heteroatoms. The molecule has 18 heavy (non-hydrogen) atoms. The van der Waals surface area contributed by atoms with Gasteiger partial charge in [0.05, 0.1) is 13.1 Å². The Hall–Kier alpha value is -1.79. The van der Waals surface area contributed by atoms with Crippen molar-refractivity contribution in [2.45, 2.75) is 26.3 Å². The molecule has 1 aromatic carbocycles. The van der Waals surface area contributed by atoms with E-state index in [2.05, 4.69) is 52.9 Å². The Morgan fingerprint density at radius 1 is 1.39 bits per heavy atom. The summed E-state index contributed by atoms with van der Waals surface area (Å²) in [4.78, 5) is 1.45. The van der Waals surface area contributed by atoms with E-state index >= 15 is 0 Å². The Morgan fingerprint density at radius 3 is 2.72 bits per heavy atom. The van der Waals surface area contributed by atoms with Gasteiger partial charge in [0, 0.05) is 6.42 Å². The van der Waals surface area contributed by atoms with Crippen molar-refractivity contribution in [1.29, 1.82) is 0 Å². The fraction of sp³-hybridized carbons (Fsp3) is 0.417. The SMILES string of the molecule is Cc1ccc(C(Cc2nnn(C)n2)NN)c(C)c1. The molecule has 0 spiro atoms. The highest BCUT2D eigenvalue weighted by atomic mass is 15.6. The monoisotopic (exact) mass is 246 g/mol. The second-order valence-corrected chi connectivity index (χ2v) is 4.48. The maximum Gasteiger partial charge on any atom is 0.176 e. The van der Waals surface area contributed by atoms with Crippen molar-refractivity contribution < 1.29 is 0 Å². The fourth-order valence-electron chi connectivity index (χ4n) is 2.06. The molecular weight excluding hydrogens is 228 g/mol. The lowest BCUT2D eigenvalue weighted by Crippen LogP contribution is -2.30. The number of aryl methyl sites for hydroxylation is 3. The lowest BCUT2D eigenvalue weighted by molar-refractivity contribution is 0.534. The number of benzene rings is 1. The van der Waals surface area contributed by atoms with Gasteiger partial charge in [-0.2, -0.15) is 4.80 Å². The molecule has 2 rings (SSSR count). The lowest BCUT2D eigenvalue weighted by Gasteiger charge is -2.17. The first-order valence-corrected chi connectivity index (χ1v) is 5.86. The number of tetrazole rings is 1. The molecular formula is C12H18N6. The summed E-state index contributed by atoms with van der Waals surface area (Å²) in [5.41, 5.74) is 6.43. The van der Waals surface area contributed by atoms with Crippen LogP contribution in [0.25, 0.3) is 0 Å². The van der Waals surface area contributed by atoms with E-state index in [0.717, 1.165) is 5.56 Å². The van der Waals surface area contributed by atoms with Gasteiger partial charge < -0.3 is 0 Å². The minimum atomic E-state index is -0.00481. The van der Waals surface area contributed by atoms with E-state index in [0.29, 0.717) is 12.2 Å². The summed E-state index contributed by atoms with van der Waals surface area (Å²) in [6.45, 7) is 4.16. The van der Waals surface area contributed by atoms with E-state index in [9.17, 15) is 0 Å². The summed E-state index contributed by atoms with van der Waals surface area (Å²) in [6, 6.07) is 6.31. The quantitative estimate of drug-likeness (QED) is 0.609. The minimum absolute atomic E-state index is 0.00481. The average Bonchev–Trinajstić information content (AvgIpc) is 2.72. The molecule has 3 N–H and O–H groups in total. The largest absolute Gasteiger partial charge is 0.271 e. The van der Waals surface area contributed by atoms with Crippen LogP contribution in [0.15, 0.2) is 18.2 Å². The minimum Gasteiger partial charge on any atom is -0.271 e. The van der Waals surface area contributed by atoms with E-state index in [-0.39, 0.29) is 6.04 Å². The van der Waals surface area contributed by atoms with Gasteiger partial charge in [-0.25, -0.2) is 0 Å². The van der Waals surface area contributed by atoms with E-state index < -0.39 is 0 Å². The number of nitrogens with two attached hydrogens (primary N) is 1. The highest BCUT2D eigenvalue weighted by molar-refractivity contribution is 5.33. The molecule has 6 nitrogen and oxygen atoms in total. The van der Waals surface area contributed by atoms with Crippen molar-refractivity contribution in [2.24, 2.45) is 12.9 Å². The summed E-state index contributed by atoms with van der Waals surface area (Å²) in [7, 11) is 1.75. The van der Waals surface area contributed by atoms with Crippen LogP contribution in [-0.4, -0.2) is 20.2 Å². The summed E-state index contributed by atoms with van der Waals surface area (Å²) < 4.78 is 0. The van der Waals surface area contributed by atoms with Crippen LogP contribution in [0, 0.1) is 13.8 Å². The first-order valence-electron chi connectivity index (χ1n) is 5.86. The zero-order valence-electron chi connectivity index (χ0n) is 10.9. The Balaban J connectivity index is 2.22. The molecule has 0 radical (unpaired) electrons. The maximum absolute atomic E-state index is 5.63. The molecule has 0 aliphatic rings. The summed E-state index contributed by atoms with van der Waals surface area (Å²) >= 11 is 0. The molecule has 0 fully saturated rings. The van der Waals surface area contributed by atoms with Crippen LogP contribution in [0.5, 0.6) is 0 Å². The van der Waals surface area contributed by atoms with E-state index in [1.807, 2.05) is 0 Å². The van der Waals surface area contributed by atoms with Crippen LogP contribution < -0.4 is 11.3 Å². The molecule has 2 aromatic rings. The van der Waals surface area contributed by atoms with Crippen molar-refractivity contribution in [3.05, 3.63) is 40.7 Å². The third kappa shape index (κ3) is 2.72. The molecule has 1 aromatic heterocycles. The van der Waals surface area contributed by atoms with Crippen LogP contribution in [0.3, 0.4) is 0 Å².